The molecular weight excluding hydrogens is 574 g/mol. The van der Waals surface area contributed by atoms with Gasteiger partial charge in [0.2, 0.25) is 5.13 Å². The Morgan fingerprint density at radius 1 is 1.21 bits per heavy atom. The van der Waals surface area contributed by atoms with Crippen molar-refractivity contribution in [3.05, 3.63) is 64.9 Å². The molecule has 1 amide bonds. The van der Waals surface area contributed by atoms with Gasteiger partial charge >= 0.3 is 6.09 Å². The van der Waals surface area contributed by atoms with E-state index in [-0.39, 0.29) is 30.1 Å². The summed E-state index contributed by atoms with van der Waals surface area (Å²) >= 11 is 6.80. The Morgan fingerprint density at radius 2 is 1.92 bits per heavy atom. The zero-order valence-electron chi connectivity index (χ0n) is 21.4. The minimum atomic E-state index is -4.45. The molecule has 9 nitrogen and oxygen atoms in total. The number of carbonyl (C=O) groups is 1. The zero-order valence-corrected chi connectivity index (χ0v) is 23.7. The maximum Gasteiger partial charge on any atom is 0.410 e. The van der Waals surface area contributed by atoms with E-state index in [1.165, 1.54) is 0 Å². The van der Waals surface area contributed by atoms with Crippen LogP contribution in [0.4, 0.5) is 18.7 Å². The molecule has 0 radical (unpaired) electrons. The van der Waals surface area contributed by atoms with E-state index < -0.39 is 44.0 Å². The van der Waals surface area contributed by atoms with E-state index in [2.05, 4.69) is 14.1 Å². The summed E-state index contributed by atoms with van der Waals surface area (Å²) in [6, 6.07) is 8.54. The summed E-state index contributed by atoms with van der Waals surface area (Å²) in [7, 11) is -4.45. The highest BCUT2D eigenvalue weighted by molar-refractivity contribution is 7.93. The van der Waals surface area contributed by atoms with Crippen LogP contribution in [-0.4, -0.2) is 54.1 Å². The maximum atomic E-state index is 14.9. The predicted molar refractivity (Wildman–Crippen MR) is 143 cm³/mol. The van der Waals surface area contributed by atoms with Crippen LogP contribution in [0.2, 0.25) is 5.02 Å². The SMILES string of the molecule is CC(C)(C)OC(=O)N1CC[C@H](c2ccc(Cl)cc2)[C@@H](COc2cc(F)c(S(=O)(=O)Nc3ncns3)cc2F)C1. The lowest BCUT2D eigenvalue weighted by atomic mass is 9.81. The topological polar surface area (TPSA) is 111 Å². The average molecular weight is 601 g/mol. The first-order valence-electron chi connectivity index (χ1n) is 12.0. The van der Waals surface area contributed by atoms with Gasteiger partial charge in [0, 0.05) is 47.7 Å². The van der Waals surface area contributed by atoms with Crippen molar-refractivity contribution >= 4 is 44.4 Å². The number of nitrogens with zero attached hydrogens (tertiary/aromatic N) is 3. The number of amides is 1. The standard InChI is InChI=1S/C25H27ClF2N4O5S2/c1-25(2,3)37-24(33)32-9-8-18(15-4-6-17(26)7-5-15)16(12-32)13-36-21-10-20(28)22(11-19(21)27)39(34,35)31-23-29-14-30-38-23/h4-7,10-11,14,16,18H,8-9,12-13H2,1-3H3,(H,29,30,31)/t16-,18-/m1/s1. The zero-order chi connectivity index (χ0) is 28.4. The van der Waals surface area contributed by atoms with Crippen molar-refractivity contribution in [2.45, 2.75) is 43.6 Å². The molecule has 0 spiro atoms. The van der Waals surface area contributed by atoms with Crippen molar-refractivity contribution in [3.63, 3.8) is 0 Å². The molecule has 0 saturated carbocycles. The number of anilines is 1. The highest BCUT2D eigenvalue weighted by atomic mass is 35.5. The molecule has 2 aromatic carbocycles. The van der Waals surface area contributed by atoms with Crippen molar-refractivity contribution in [3.8, 4) is 5.75 Å². The van der Waals surface area contributed by atoms with Gasteiger partial charge in [-0.05, 0) is 50.8 Å². The third-order valence-corrected chi connectivity index (χ3v) is 8.31. The lowest BCUT2D eigenvalue weighted by Gasteiger charge is -2.39. The molecule has 14 heteroatoms. The molecule has 1 aliphatic heterocycles. The Hall–Kier alpha value is -3.03. The van der Waals surface area contributed by atoms with Gasteiger partial charge in [-0.1, -0.05) is 23.7 Å². The number of sulfonamides is 1. The number of nitrogens with one attached hydrogen (secondary N) is 1. The van der Waals surface area contributed by atoms with E-state index in [0.29, 0.717) is 30.1 Å². The van der Waals surface area contributed by atoms with Gasteiger partial charge in [0.15, 0.2) is 11.6 Å². The second-order valence-electron chi connectivity index (χ2n) is 10.0. The monoisotopic (exact) mass is 600 g/mol. The molecule has 210 valence electrons. The Kier molecular flexibility index (Phi) is 8.62. The Bertz CT molecular complexity index is 1420. The fourth-order valence-corrected chi connectivity index (χ4v) is 6.11. The molecule has 0 aliphatic carbocycles. The number of rotatable bonds is 7. The molecule has 2 atom stereocenters. The van der Waals surface area contributed by atoms with Crippen LogP contribution >= 0.6 is 23.1 Å². The molecule has 2 heterocycles. The van der Waals surface area contributed by atoms with Crippen LogP contribution in [0, 0.1) is 17.6 Å². The van der Waals surface area contributed by atoms with Gasteiger partial charge in [-0.3, -0.25) is 4.72 Å². The quantitative estimate of drug-likeness (QED) is 0.371. The van der Waals surface area contributed by atoms with Gasteiger partial charge in [0.05, 0.1) is 6.61 Å². The summed E-state index contributed by atoms with van der Waals surface area (Å²) in [5.41, 5.74) is 0.289. The van der Waals surface area contributed by atoms with Gasteiger partial charge in [0.1, 0.15) is 22.6 Å². The maximum absolute atomic E-state index is 14.9. The van der Waals surface area contributed by atoms with Crippen molar-refractivity contribution < 1.29 is 31.5 Å². The molecule has 1 saturated heterocycles. The number of hydrogen-bond donors (Lipinski definition) is 1. The second-order valence-corrected chi connectivity index (χ2v) is 12.9. The third kappa shape index (κ3) is 7.34. The number of aromatic nitrogens is 2. The molecule has 1 aliphatic rings. The van der Waals surface area contributed by atoms with Crippen molar-refractivity contribution in [1.29, 1.82) is 0 Å². The van der Waals surface area contributed by atoms with Crippen LogP contribution in [0.1, 0.15) is 38.7 Å². The molecule has 0 unspecified atom stereocenters. The summed E-state index contributed by atoms with van der Waals surface area (Å²) in [4.78, 5) is 17.1. The van der Waals surface area contributed by atoms with E-state index >= 15 is 0 Å². The number of benzene rings is 2. The van der Waals surface area contributed by atoms with E-state index in [1.54, 1.807) is 37.8 Å². The number of piperidine rings is 1. The molecule has 4 rings (SSSR count). The van der Waals surface area contributed by atoms with Crippen LogP contribution in [-0.2, 0) is 14.8 Å². The summed E-state index contributed by atoms with van der Waals surface area (Å²) < 4.78 is 71.8. The summed E-state index contributed by atoms with van der Waals surface area (Å²) in [5.74, 6) is -3.08. The Balaban J connectivity index is 1.54. The highest BCUT2D eigenvalue weighted by Crippen LogP contribution is 2.35. The summed E-state index contributed by atoms with van der Waals surface area (Å²) in [5, 5.41) is 0.487. The minimum Gasteiger partial charge on any atom is -0.490 e. The molecule has 1 fully saturated rings. The third-order valence-electron chi connectivity index (χ3n) is 6.00. The largest absolute Gasteiger partial charge is 0.490 e. The van der Waals surface area contributed by atoms with Gasteiger partial charge in [-0.15, -0.1) is 0 Å². The molecule has 39 heavy (non-hydrogen) atoms. The number of halogens is 3. The van der Waals surface area contributed by atoms with Crippen LogP contribution in [0.25, 0.3) is 0 Å². The minimum absolute atomic E-state index is 0.0652. The molecule has 1 aromatic heterocycles. The fraction of sp³-hybridized carbons (Fsp3) is 0.400. The fourth-order valence-electron chi connectivity index (χ4n) is 4.25. The number of ether oxygens (including phenoxy) is 2. The van der Waals surface area contributed by atoms with E-state index in [0.717, 1.165) is 23.4 Å². The summed E-state index contributed by atoms with van der Waals surface area (Å²) in [6.45, 7) is 5.95. The second kappa shape index (κ2) is 11.6. The number of likely N-dealkylation sites (tertiary alicyclic amines) is 1. The van der Waals surface area contributed by atoms with E-state index in [1.807, 2.05) is 12.1 Å². The normalized spacial score (nSPS) is 18.1. The summed E-state index contributed by atoms with van der Waals surface area (Å²) in [6.07, 6.45) is 1.24. The van der Waals surface area contributed by atoms with E-state index in [4.69, 9.17) is 21.1 Å². The molecule has 0 bridgehead atoms. The van der Waals surface area contributed by atoms with Crippen molar-refractivity contribution in [2.75, 3.05) is 24.4 Å². The smallest absolute Gasteiger partial charge is 0.410 e. The highest BCUT2D eigenvalue weighted by Gasteiger charge is 2.35. The Labute approximate surface area is 234 Å². The van der Waals surface area contributed by atoms with Crippen molar-refractivity contribution in [2.24, 2.45) is 5.92 Å². The van der Waals surface area contributed by atoms with E-state index in [9.17, 15) is 22.0 Å². The van der Waals surface area contributed by atoms with Gasteiger partial charge in [0.25, 0.3) is 10.0 Å². The Morgan fingerprint density at radius 3 is 2.56 bits per heavy atom. The van der Waals surface area contributed by atoms with Crippen LogP contribution in [0.3, 0.4) is 0 Å². The van der Waals surface area contributed by atoms with Crippen LogP contribution in [0.15, 0.2) is 47.6 Å². The number of hydrogen-bond acceptors (Lipinski definition) is 8. The molecule has 3 aromatic rings. The lowest BCUT2D eigenvalue weighted by molar-refractivity contribution is 0.0110. The predicted octanol–water partition coefficient (Wildman–Crippen LogP) is 5.69. The van der Waals surface area contributed by atoms with Gasteiger partial charge < -0.3 is 14.4 Å². The molecular formula is C25H27ClF2N4O5S2. The first-order valence-corrected chi connectivity index (χ1v) is 14.6. The molecule has 1 N–H and O–H groups in total. The van der Waals surface area contributed by atoms with Crippen LogP contribution < -0.4 is 9.46 Å². The lowest BCUT2D eigenvalue weighted by Crippen LogP contribution is -2.46. The van der Waals surface area contributed by atoms with Gasteiger partial charge in [-0.25, -0.2) is 27.0 Å². The average Bonchev–Trinajstić information content (AvgIpc) is 3.36. The van der Waals surface area contributed by atoms with Gasteiger partial charge in [-0.2, -0.15) is 4.37 Å². The van der Waals surface area contributed by atoms with Crippen LogP contribution in [0.5, 0.6) is 5.75 Å². The first kappa shape index (κ1) is 29.0. The van der Waals surface area contributed by atoms with Crippen molar-refractivity contribution in [1.82, 2.24) is 14.3 Å². The first-order chi connectivity index (χ1) is 18.3. The number of carbonyl (C=O) groups excluding carboxylic acids is 1.